The third-order valence-corrected chi connectivity index (χ3v) is 2.68. The lowest BCUT2D eigenvalue weighted by Gasteiger charge is -2.21. The Morgan fingerprint density at radius 2 is 2.06 bits per heavy atom. The summed E-state index contributed by atoms with van der Waals surface area (Å²) in [5.41, 5.74) is 0.600. The molecule has 18 heavy (non-hydrogen) atoms. The van der Waals surface area contributed by atoms with Gasteiger partial charge in [-0.15, -0.1) is 0 Å². The van der Waals surface area contributed by atoms with Crippen molar-refractivity contribution in [2.45, 2.75) is 12.5 Å². The van der Waals surface area contributed by atoms with Crippen LogP contribution in [0.5, 0.6) is 0 Å². The molecule has 5 heteroatoms. The van der Waals surface area contributed by atoms with Gasteiger partial charge in [-0.3, -0.25) is 0 Å². The molecule has 0 saturated heterocycles. The van der Waals surface area contributed by atoms with E-state index in [4.69, 9.17) is 0 Å². The molecule has 0 fully saturated rings. The molecule has 1 aliphatic carbocycles. The van der Waals surface area contributed by atoms with Gasteiger partial charge in [0.2, 0.25) is 0 Å². The normalized spacial score (nSPS) is 22.1. The molecule has 0 aromatic heterocycles. The number of carbonyl (C=O) groups excluding carboxylic acids is 2. The summed E-state index contributed by atoms with van der Waals surface area (Å²) < 4.78 is 9.13. The Balaban J connectivity index is 2.78. The van der Waals surface area contributed by atoms with Crippen molar-refractivity contribution in [1.82, 2.24) is 0 Å². The van der Waals surface area contributed by atoms with Crippen LogP contribution in [0.1, 0.15) is 6.42 Å². The monoisotopic (exact) mass is 252 g/mol. The average Bonchev–Trinajstić information content (AvgIpc) is 2.39. The number of hydrogen-bond donors (Lipinski definition) is 1. The van der Waals surface area contributed by atoms with Crippen LogP contribution in [0.4, 0.5) is 0 Å². The van der Waals surface area contributed by atoms with E-state index in [-0.39, 0.29) is 12.0 Å². The van der Waals surface area contributed by atoms with Gasteiger partial charge in [-0.25, -0.2) is 9.59 Å². The number of hydrogen-bond acceptors (Lipinski definition) is 5. The van der Waals surface area contributed by atoms with Crippen molar-refractivity contribution in [3.05, 3.63) is 36.0 Å². The summed E-state index contributed by atoms with van der Waals surface area (Å²) in [5.74, 6) is -1.40. The lowest BCUT2D eigenvalue weighted by atomic mass is 9.88. The fourth-order valence-electron chi connectivity index (χ4n) is 1.68. The zero-order chi connectivity index (χ0) is 13.7. The quantitative estimate of drug-likeness (QED) is 0.590. The number of carbonyl (C=O) groups is 2. The van der Waals surface area contributed by atoms with Crippen molar-refractivity contribution >= 4 is 11.9 Å². The van der Waals surface area contributed by atoms with Gasteiger partial charge in [0, 0.05) is 11.5 Å². The first-order valence-corrected chi connectivity index (χ1v) is 5.42. The Morgan fingerprint density at radius 1 is 1.39 bits per heavy atom. The number of aliphatic hydroxyl groups excluding tert-OH is 1. The standard InChI is InChI=1S/C13H16O5/c1-8(12(15)17-2)6-10-7-9(13(16)18-3)4-5-11(10)14/h4-5,7,10-11,14H,1,6H2,2-3H3/t10-,11-/m0/s1. The van der Waals surface area contributed by atoms with E-state index < -0.39 is 24.0 Å². The Labute approximate surface area is 105 Å². The molecular weight excluding hydrogens is 236 g/mol. The molecule has 0 radical (unpaired) electrons. The van der Waals surface area contributed by atoms with E-state index >= 15 is 0 Å². The summed E-state index contributed by atoms with van der Waals surface area (Å²) in [6.07, 6.45) is 4.01. The third-order valence-electron chi connectivity index (χ3n) is 2.68. The minimum absolute atomic E-state index is 0.221. The fourth-order valence-corrected chi connectivity index (χ4v) is 1.68. The van der Waals surface area contributed by atoms with Gasteiger partial charge >= 0.3 is 11.9 Å². The average molecular weight is 252 g/mol. The van der Waals surface area contributed by atoms with Gasteiger partial charge in [0.05, 0.1) is 25.9 Å². The number of aliphatic hydroxyl groups is 1. The second kappa shape index (κ2) is 6.16. The molecule has 5 nitrogen and oxygen atoms in total. The summed E-state index contributed by atoms with van der Waals surface area (Å²) in [6.45, 7) is 3.59. The highest BCUT2D eigenvalue weighted by Gasteiger charge is 2.24. The van der Waals surface area contributed by atoms with E-state index in [0.29, 0.717) is 5.57 Å². The second-order valence-electron chi connectivity index (χ2n) is 3.93. The number of methoxy groups -OCH3 is 2. The highest BCUT2D eigenvalue weighted by atomic mass is 16.5. The molecule has 0 heterocycles. The first-order chi connectivity index (χ1) is 8.49. The SMILES string of the molecule is C=C(C[C@H]1C=C(C(=O)OC)C=C[C@@H]1O)C(=O)OC. The van der Waals surface area contributed by atoms with Gasteiger partial charge in [-0.2, -0.15) is 0 Å². The van der Waals surface area contributed by atoms with E-state index in [0.717, 1.165) is 0 Å². The van der Waals surface area contributed by atoms with Gasteiger partial charge in [-0.05, 0) is 12.5 Å². The minimum Gasteiger partial charge on any atom is -0.466 e. The molecule has 0 spiro atoms. The summed E-state index contributed by atoms with van der Waals surface area (Å²) in [6, 6.07) is 0. The first-order valence-electron chi connectivity index (χ1n) is 5.42. The largest absolute Gasteiger partial charge is 0.466 e. The second-order valence-corrected chi connectivity index (χ2v) is 3.93. The van der Waals surface area contributed by atoms with E-state index in [2.05, 4.69) is 16.1 Å². The van der Waals surface area contributed by atoms with Crippen molar-refractivity contribution < 1.29 is 24.2 Å². The Kier molecular flexibility index (Phi) is 4.85. The van der Waals surface area contributed by atoms with E-state index in [9.17, 15) is 14.7 Å². The molecule has 0 unspecified atom stereocenters. The number of rotatable bonds is 4. The van der Waals surface area contributed by atoms with Crippen molar-refractivity contribution in [2.24, 2.45) is 5.92 Å². The minimum atomic E-state index is -0.764. The zero-order valence-electron chi connectivity index (χ0n) is 10.4. The first kappa shape index (κ1) is 14.2. The molecule has 0 aromatic rings. The van der Waals surface area contributed by atoms with E-state index in [1.807, 2.05) is 0 Å². The summed E-state index contributed by atoms with van der Waals surface area (Å²) in [7, 11) is 2.55. The fraction of sp³-hybridized carbons (Fsp3) is 0.385. The Bertz CT molecular complexity index is 419. The van der Waals surface area contributed by atoms with Crippen molar-refractivity contribution in [1.29, 1.82) is 0 Å². The zero-order valence-corrected chi connectivity index (χ0v) is 10.4. The third kappa shape index (κ3) is 3.30. The molecule has 0 amide bonds. The molecule has 0 saturated carbocycles. The molecule has 1 rings (SSSR count). The lowest BCUT2D eigenvalue weighted by Crippen LogP contribution is -2.23. The predicted molar refractivity (Wildman–Crippen MR) is 64.5 cm³/mol. The lowest BCUT2D eigenvalue weighted by molar-refractivity contribution is -0.136. The number of esters is 2. The molecule has 0 aromatic carbocycles. The molecule has 0 bridgehead atoms. The van der Waals surface area contributed by atoms with Crippen LogP contribution in [0.25, 0.3) is 0 Å². The molecular formula is C13H16O5. The van der Waals surface area contributed by atoms with Gasteiger partial charge in [-0.1, -0.05) is 18.7 Å². The van der Waals surface area contributed by atoms with Crippen LogP contribution >= 0.6 is 0 Å². The van der Waals surface area contributed by atoms with Gasteiger partial charge in [0.1, 0.15) is 0 Å². The van der Waals surface area contributed by atoms with Crippen molar-refractivity contribution in [2.75, 3.05) is 14.2 Å². The predicted octanol–water partition coefficient (Wildman–Crippen LogP) is 0.752. The van der Waals surface area contributed by atoms with Gasteiger partial charge < -0.3 is 14.6 Å². The maximum absolute atomic E-state index is 11.4. The van der Waals surface area contributed by atoms with Crippen LogP contribution in [0, 0.1) is 5.92 Å². The maximum Gasteiger partial charge on any atom is 0.337 e. The highest BCUT2D eigenvalue weighted by Crippen LogP contribution is 2.24. The maximum atomic E-state index is 11.4. The molecule has 2 atom stereocenters. The van der Waals surface area contributed by atoms with Gasteiger partial charge in [0.25, 0.3) is 0 Å². The summed E-state index contributed by atoms with van der Waals surface area (Å²) in [5, 5.41) is 9.77. The Morgan fingerprint density at radius 3 is 2.61 bits per heavy atom. The molecule has 0 aliphatic heterocycles. The van der Waals surface area contributed by atoms with Crippen LogP contribution < -0.4 is 0 Å². The number of ether oxygens (including phenoxy) is 2. The molecule has 1 N–H and O–H groups in total. The van der Waals surface area contributed by atoms with Crippen LogP contribution in [0.2, 0.25) is 0 Å². The highest BCUT2D eigenvalue weighted by molar-refractivity contribution is 5.92. The van der Waals surface area contributed by atoms with Crippen molar-refractivity contribution in [3.63, 3.8) is 0 Å². The van der Waals surface area contributed by atoms with Gasteiger partial charge in [0.15, 0.2) is 0 Å². The smallest absolute Gasteiger partial charge is 0.337 e. The van der Waals surface area contributed by atoms with Crippen LogP contribution in [0.3, 0.4) is 0 Å². The van der Waals surface area contributed by atoms with Crippen LogP contribution in [-0.2, 0) is 19.1 Å². The summed E-state index contributed by atoms with van der Waals surface area (Å²) >= 11 is 0. The molecule has 98 valence electrons. The Hall–Kier alpha value is -1.88. The van der Waals surface area contributed by atoms with Crippen molar-refractivity contribution in [3.8, 4) is 0 Å². The van der Waals surface area contributed by atoms with E-state index in [1.165, 1.54) is 26.4 Å². The van der Waals surface area contributed by atoms with Crippen LogP contribution in [0.15, 0.2) is 36.0 Å². The molecule has 1 aliphatic rings. The topological polar surface area (TPSA) is 72.8 Å². The van der Waals surface area contributed by atoms with E-state index in [1.54, 1.807) is 6.08 Å². The van der Waals surface area contributed by atoms with Crippen LogP contribution in [-0.4, -0.2) is 37.4 Å². The summed E-state index contributed by atoms with van der Waals surface area (Å²) in [4.78, 5) is 22.6.